The summed E-state index contributed by atoms with van der Waals surface area (Å²) in [4.78, 5) is 20.1. The van der Waals surface area contributed by atoms with Gasteiger partial charge in [-0.05, 0) is 13.8 Å². The van der Waals surface area contributed by atoms with E-state index in [0.29, 0.717) is 0 Å². The van der Waals surface area contributed by atoms with Crippen LogP contribution in [0, 0.1) is 0 Å². The zero-order valence-corrected chi connectivity index (χ0v) is 8.68. The molecule has 0 saturated carbocycles. The number of carbonyl (C=O) groups excluding carboxylic acids is 2. The third-order valence-electron chi connectivity index (χ3n) is 1.08. The number of aliphatic hydroxyl groups excluding tert-OH is 2. The van der Waals surface area contributed by atoms with E-state index in [4.69, 9.17) is 10.2 Å². The fraction of sp³-hybridized carbons (Fsp3) is 0.750. The van der Waals surface area contributed by atoms with Gasteiger partial charge in [-0.3, -0.25) is 0 Å². The van der Waals surface area contributed by atoms with Gasteiger partial charge >= 0.3 is 11.9 Å². The molecule has 2 unspecified atom stereocenters. The summed E-state index contributed by atoms with van der Waals surface area (Å²) in [7, 11) is 2.46. The Bertz CT molecular complexity index is 155. The quantitative estimate of drug-likeness (QED) is 0.570. The van der Waals surface area contributed by atoms with Gasteiger partial charge < -0.3 is 19.7 Å². The largest absolute Gasteiger partial charge is 0.467 e. The number of hydrogen-bond donors (Lipinski definition) is 2. The van der Waals surface area contributed by atoms with E-state index in [-0.39, 0.29) is 0 Å². The summed E-state index contributed by atoms with van der Waals surface area (Å²) in [6.07, 6.45) is -1.99. The van der Waals surface area contributed by atoms with E-state index >= 15 is 0 Å². The maximum atomic E-state index is 10.0. The van der Waals surface area contributed by atoms with Crippen molar-refractivity contribution in [3.05, 3.63) is 0 Å². The molecule has 14 heavy (non-hydrogen) atoms. The van der Waals surface area contributed by atoms with E-state index in [1.54, 1.807) is 0 Å². The molecule has 6 nitrogen and oxygen atoms in total. The highest BCUT2D eigenvalue weighted by molar-refractivity contribution is 5.73. The molecule has 0 radical (unpaired) electrons. The average molecular weight is 208 g/mol. The van der Waals surface area contributed by atoms with Crippen molar-refractivity contribution < 1.29 is 29.3 Å². The van der Waals surface area contributed by atoms with Gasteiger partial charge in [-0.1, -0.05) is 0 Å². The molecule has 2 N–H and O–H groups in total. The summed E-state index contributed by atoms with van der Waals surface area (Å²) in [5, 5.41) is 16.7. The summed E-state index contributed by atoms with van der Waals surface area (Å²) in [6.45, 7) is 2.71. The van der Waals surface area contributed by atoms with E-state index in [2.05, 4.69) is 9.47 Å². The van der Waals surface area contributed by atoms with Gasteiger partial charge in [0.15, 0.2) is 0 Å². The summed E-state index contributed by atoms with van der Waals surface area (Å²) in [5.41, 5.74) is 0. The minimum Gasteiger partial charge on any atom is -0.467 e. The Balaban J connectivity index is 0. The van der Waals surface area contributed by atoms with Crippen molar-refractivity contribution in [1.29, 1.82) is 0 Å². The molecule has 0 saturated heterocycles. The maximum absolute atomic E-state index is 10.0. The first-order chi connectivity index (χ1) is 6.36. The Morgan fingerprint density at radius 1 is 0.929 bits per heavy atom. The Kier molecular flexibility index (Phi) is 9.27. The second-order valence-corrected chi connectivity index (χ2v) is 2.40. The monoisotopic (exact) mass is 208 g/mol. The topological polar surface area (TPSA) is 93.1 Å². The maximum Gasteiger partial charge on any atom is 0.334 e. The first-order valence-corrected chi connectivity index (χ1v) is 3.88. The first kappa shape index (κ1) is 15.3. The molecule has 2 atom stereocenters. The molecule has 0 aromatic heterocycles. The lowest BCUT2D eigenvalue weighted by atomic mass is 10.4. The van der Waals surface area contributed by atoms with E-state index < -0.39 is 24.1 Å². The van der Waals surface area contributed by atoms with Gasteiger partial charge in [-0.25, -0.2) is 9.59 Å². The summed E-state index contributed by atoms with van der Waals surface area (Å²) in [5.74, 6) is -1.19. The normalized spacial score (nSPS) is 13.0. The van der Waals surface area contributed by atoms with Crippen LogP contribution in [-0.2, 0) is 19.1 Å². The van der Waals surface area contributed by atoms with Crippen LogP contribution >= 0.6 is 0 Å². The van der Waals surface area contributed by atoms with Crippen LogP contribution in [0.4, 0.5) is 0 Å². The van der Waals surface area contributed by atoms with Crippen LogP contribution in [0.15, 0.2) is 0 Å². The molecule has 0 amide bonds. The van der Waals surface area contributed by atoms with Crippen molar-refractivity contribution in [3.8, 4) is 0 Å². The Labute approximate surface area is 82.4 Å². The molecule has 0 aromatic carbocycles. The predicted octanol–water partition coefficient (Wildman–Crippen LogP) is -0.920. The van der Waals surface area contributed by atoms with Crippen LogP contribution in [0.2, 0.25) is 0 Å². The fourth-order valence-electron chi connectivity index (χ4n) is 0.341. The summed E-state index contributed by atoms with van der Waals surface area (Å²) in [6, 6.07) is 0. The molecular weight excluding hydrogens is 192 g/mol. The zero-order valence-electron chi connectivity index (χ0n) is 8.68. The average Bonchev–Trinajstić information content (AvgIpc) is 2.15. The standard InChI is InChI=1S/2C4H8O3/c2*1-3(5)4(6)7-2/h2*3,5H,1-2H3. The van der Waals surface area contributed by atoms with Crippen molar-refractivity contribution in [2.24, 2.45) is 0 Å². The van der Waals surface area contributed by atoms with E-state index in [1.165, 1.54) is 28.1 Å². The van der Waals surface area contributed by atoms with Crippen LogP contribution in [-0.4, -0.2) is 48.6 Å². The van der Waals surface area contributed by atoms with Crippen molar-refractivity contribution in [1.82, 2.24) is 0 Å². The van der Waals surface area contributed by atoms with Crippen molar-refractivity contribution in [2.75, 3.05) is 14.2 Å². The third-order valence-corrected chi connectivity index (χ3v) is 1.08. The lowest BCUT2D eigenvalue weighted by Crippen LogP contribution is -2.16. The lowest BCUT2D eigenvalue weighted by molar-refractivity contribution is -0.149. The molecule has 0 fully saturated rings. The highest BCUT2D eigenvalue weighted by Crippen LogP contribution is 1.81. The Morgan fingerprint density at radius 2 is 1.14 bits per heavy atom. The summed E-state index contributed by atoms with van der Waals surface area (Å²) >= 11 is 0. The molecule has 0 spiro atoms. The van der Waals surface area contributed by atoms with Gasteiger partial charge in [0.2, 0.25) is 0 Å². The van der Waals surface area contributed by atoms with Gasteiger partial charge in [0.25, 0.3) is 0 Å². The van der Waals surface area contributed by atoms with Crippen molar-refractivity contribution >= 4 is 11.9 Å². The van der Waals surface area contributed by atoms with Crippen LogP contribution in [0.1, 0.15) is 13.8 Å². The second-order valence-electron chi connectivity index (χ2n) is 2.40. The number of ether oxygens (including phenoxy) is 2. The number of rotatable bonds is 2. The van der Waals surface area contributed by atoms with Crippen LogP contribution in [0.5, 0.6) is 0 Å². The number of hydrogen-bond acceptors (Lipinski definition) is 6. The molecule has 0 bridgehead atoms. The van der Waals surface area contributed by atoms with Gasteiger partial charge in [0, 0.05) is 0 Å². The van der Waals surface area contributed by atoms with Crippen LogP contribution in [0.3, 0.4) is 0 Å². The molecule has 0 aliphatic heterocycles. The molecule has 6 heteroatoms. The predicted molar refractivity (Wildman–Crippen MR) is 47.4 cm³/mol. The Hall–Kier alpha value is -1.14. The highest BCUT2D eigenvalue weighted by Gasteiger charge is 2.05. The van der Waals surface area contributed by atoms with Gasteiger partial charge in [0.1, 0.15) is 12.2 Å². The second kappa shape index (κ2) is 8.46. The molecule has 0 aromatic rings. The fourth-order valence-corrected chi connectivity index (χ4v) is 0.341. The van der Waals surface area contributed by atoms with Crippen molar-refractivity contribution in [3.63, 3.8) is 0 Å². The lowest BCUT2D eigenvalue weighted by Gasteiger charge is -1.97. The summed E-state index contributed by atoms with van der Waals surface area (Å²) < 4.78 is 8.25. The zero-order chi connectivity index (χ0) is 11.7. The molecule has 0 heterocycles. The SMILES string of the molecule is COC(=O)C(C)O.COC(=O)C(C)O. The molecule has 0 rings (SSSR count). The van der Waals surface area contributed by atoms with Gasteiger partial charge in [-0.15, -0.1) is 0 Å². The minimum atomic E-state index is -0.995. The van der Waals surface area contributed by atoms with Crippen LogP contribution in [0.25, 0.3) is 0 Å². The molecule has 0 aliphatic carbocycles. The van der Waals surface area contributed by atoms with E-state index in [9.17, 15) is 9.59 Å². The van der Waals surface area contributed by atoms with E-state index in [1.807, 2.05) is 0 Å². The number of methoxy groups -OCH3 is 2. The third kappa shape index (κ3) is 8.95. The van der Waals surface area contributed by atoms with Crippen molar-refractivity contribution in [2.45, 2.75) is 26.1 Å². The van der Waals surface area contributed by atoms with Gasteiger partial charge in [0.05, 0.1) is 14.2 Å². The molecule has 0 aliphatic rings. The Morgan fingerprint density at radius 3 is 1.14 bits per heavy atom. The highest BCUT2D eigenvalue weighted by atomic mass is 16.5. The molecule has 84 valence electrons. The van der Waals surface area contributed by atoms with Crippen LogP contribution < -0.4 is 0 Å². The molecular formula is C8H16O6. The smallest absolute Gasteiger partial charge is 0.334 e. The number of aliphatic hydroxyl groups is 2. The van der Waals surface area contributed by atoms with E-state index in [0.717, 1.165) is 0 Å². The first-order valence-electron chi connectivity index (χ1n) is 3.88. The number of esters is 2. The number of carbonyl (C=O) groups is 2. The minimum absolute atomic E-state index is 0.597. The van der Waals surface area contributed by atoms with Gasteiger partial charge in [-0.2, -0.15) is 0 Å².